The zero-order chi connectivity index (χ0) is 18.6. The molecule has 0 atom stereocenters. The number of fused-ring (bicyclic) bond motifs is 2. The molecule has 0 aliphatic carbocycles. The molecule has 1 aliphatic rings. The van der Waals surface area contributed by atoms with Gasteiger partial charge >= 0.3 is 0 Å². The number of nitrogens with one attached hydrogen (secondary N) is 1. The highest BCUT2D eigenvalue weighted by Gasteiger charge is 2.15. The molecule has 2 heterocycles. The van der Waals surface area contributed by atoms with Crippen molar-refractivity contribution >= 4 is 28.2 Å². The quantitative estimate of drug-likeness (QED) is 0.449. The van der Waals surface area contributed by atoms with E-state index in [-0.39, 0.29) is 24.0 Å². The van der Waals surface area contributed by atoms with Gasteiger partial charge in [0.1, 0.15) is 6.54 Å². The number of halogens is 1. The second-order valence-corrected chi connectivity index (χ2v) is 6.71. The molecule has 2 nitrogen and oxygen atoms in total. The Labute approximate surface area is 184 Å². The van der Waals surface area contributed by atoms with Gasteiger partial charge in [-0.05, 0) is 36.3 Å². The molecule has 0 radical (unpaired) electrons. The number of allylic oxidation sites excluding steroid dienone is 4. The third-order valence-electron chi connectivity index (χ3n) is 5.14. The molecule has 0 saturated carbocycles. The molecule has 2 aromatic carbocycles. The van der Waals surface area contributed by atoms with Crippen molar-refractivity contribution in [3.05, 3.63) is 95.8 Å². The summed E-state index contributed by atoms with van der Waals surface area (Å²) in [5, 5.41) is 4.60. The van der Waals surface area contributed by atoms with E-state index in [1.165, 1.54) is 33.3 Å². The number of hydrogen-bond acceptors (Lipinski definition) is 1. The second-order valence-electron chi connectivity index (χ2n) is 6.71. The number of pyridine rings is 1. The molecule has 0 saturated heterocycles. The van der Waals surface area contributed by atoms with Gasteiger partial charge in [-0.15, -0.1) is 0 Å². The third kappa shape index (κ3) is 3.90. The summed E-state index contributed by atoms with van der Waals surface area (Å²) in [5.74, 6) is 0. The Kier molecular flexibility index (Phi) is 6.68. The molecule has 3 heteroatoms. The molecule has 0 bridgehead atoms. The average molecular weight is 480 g/mol. The van der Waals surface area contributed by atoms with Crippen LogP contribution in [0.5, 0.6) is 0 Å². The van der Waals surface area contributed by atoms with Gasteiger partial charge in [-0.2, -0.15) is 4.57 Å². The predicted octanol–water partition coefficient (Wildman–Crippen LogP) is 2.75. The van der Waals surface area contributed by atoms with E-state index >= 15 is 0 Å². The monoisotopic (exact) mass is 480 g/mol. The first kappa shape index (κ1) is 20.3. The average Bonchev–Trinajstić information content (AvgIpc) is 2.73. The third-order valence-corrected chi connectivity index (χ3v) is 5.14. The van der Waals surface area contributed by atoms with Crippen LogP contribution in [-0.4, -0.2) is 0 Å². The summed E-state index contributed by atoms with van der Waals surface area (Å²) in [5.41, 5.74) is 7.56. The largest absolute Gasteiger partial charge is 1.00 e. The van der Waals surface area contributed by atoms with Crippen molar-refractivity contribution in [2.75, 3.05) is 5.32 Å². The molecule has 142 valence electrons. The Morgan fingerprint density at radius 2 is 1.79 bits per heavy atom. The fraction of sp³-hybridized carbons (Fsp3) is 0.160. The van der Waals surface area contributed by atoms with E-state index in [4.69, 9.17) is 0 Å². The lowest BCUT2D eigenvalue weighted by Crippen LogP contribution is -3.00. The van der Waals surface area contributed by atoms with E-state index in [1.54, 1.807) is 0 Å². The summed E-state index contributed by atoms with van der Waals surface area (Å²) in [7, 11) is 0. The van der Waals surface area contributed by atoms with Crippen LogP contribution in [0.25, 0.3) is 22.6 Å². The smallest absolute Gasteiger partial charge is 0.213 e. The van der Waals surface area contributed by atoms with Gasteiger partial charge in [-0.1, -0.05) is 55.5 Å². The maximum atomic E-state index is 3.30. The number of aryl methyl sites for hydroxylation is 2. The highest BCUT2D eigenvalue weighted by atomic mass is 127. The Morgan fingerprint density at radius 3 is 2.61 bits per heavy atom. The van der Waals surface area contributed by atoms with Crippen LogP contribution in [0.2, 0.25) is 0 Å². The van der Waals surface area contributed by atoms with Crippen molar-refractivity contribution < 1.29 is 28.5 Å². The lowest BCUT2D eigenvalue weighted by Gasteiger charge is -2.14. The Bertz CT molecular complexity index is 1080. The Balaban J connectivity index is 0.00000225. The fourth-order valence-corrected chi connectivity index (χ4v) is 3.82. The van der Waals surface area contributed by atoms with Crippen LogP contribution >= 0.6 is 0 Å². The first-order valence-corrected chi connectivity index (χ1v) is 9.67. The summed E-state index contributed by atoms with van der Waals surface area (Å²) in [6.45, 7) is 5.43. The van der Waals surface area contributed by atoms with Crippen LogP contribution < -0.4 is 33.9 Å². The molecule has 0 spiro atoms. The number of aromatic nitrogens is 1. The summed E-state index contributed by atoms with van der Waals surface area (Å²) < 4.78 is 2.41. The number of rotatable bonds is 4. The first-order valence-electron chi connectivity index (χ1n) is 9.67. The number of benzene rings is 2. The van der Waals surface area contributed by atoms with Gasteiger partial charge < -0.3 is 29.3 Å². The number of hydrogen-bond donors (Lipinski definition) is 1. The molecular weight excluding hydrogens is 455 g/mol. The maximum Gasteiger partial charge on any atom is 0.213 e. The number of para-hydroxylation sites is 2. The number of anilines is 1. The van der Waals surface area contributed by atoms with Crippen molar-refractivity contribution in [1.29, 1.82) is 0 Å². The summed E-state index contributed by atoms with van der Waals surface area (Å²) >= 11 is 0. The maximum absolute atomic E-state index is 3.30. The van der Waals surface area contributed by atoms with Gasteiger partial charge in [0.05, 0.1) is 5.39 Å². The fourth-order valence-electron chi connectivity index (χ4n) is 3.82. The zero-order valence-electron chi connectivity index (χ0n) is 16.3. The molecule has 1 aliphatic heterocycles. The topological polar surface area (TPSA) is 15.9 Å². The highest BCUT2D eigenvalue weighted by Crippen LogP contribution is 2.28. The summed E-state index contributed by atoms with van der Waals surface area (Å²) in [4.78, 5) is 0. The molecule has 0 unspecified atom stereocenters. The summed E-state index contributed by atoms with van der Waals surface area (Å²) in [6, 6.07) is 19.4. The second kappa shape index (κ2) is 9.20. The zero-order valence-corrected chi connectivity index (χ0v) is 18.5. The summed E-state index contributed by atoms with van der Waals surface area (Å²) in [6.07, 6.45) is 11.7. The van der Waals surface area contributed by atoms with Gasteiger partial charge in [-0.3, -0.25) is 0 Å². The molecule has 0 amide bonds. The van der Waals surface area contributed by atoms with Crippen LogP contribution in [-0.2, 0) is 13.0 Å². The van der Waals surface area contributed by atoms with Gasteiger partial charge in [0.2, 0.25) is 5.52 Å². The van der Waals surface area contributed by atoms with Crippen molar-refractivity contribution in [2.24, 2.45) is 0 Å². The van der Waals surface area contributed by atoms with Crippen LogP contribution in [0.15, 0.2) is 79.0 Å². The van der Waals surface area contributed by atoms with E-state index in [1.807, 2.05) is 6.20 Å². The van der Waals surface area contributed by atoms with Gasteiger partial charge in [-0.25, -0.2) is 0 Å². The minimum absolute atomic E-state index is 0. The van der Waals surface area contributed by atoms with Crippen molar-refractivity contribution in [3.8, 4) is 0 Å². The minimum Gasteiger partial charge on any atom is -1.00 e. The Morgan fingerprint density at radius 1 is 1.00 bits per heavy atom. The van der Waals surface area contributed by atoms with Gasteiger partial charge in [0.15, 0.2) is 5.69 Å². The number of nitrogens with zero attached hydrogens (tertiary/aromatic N) is 1. The molecule has 0 fully saturated rings. The van der Waals surface area contributed by atoms with E-state index in [2.05, 4.69) is 103 Å². The standard InChI is InChI=1S/C25H24N2.HI/c1-3-21-18-20(23-13-6-8-15-25(23)27(21)4-2)11-9-10-19-16-17-26-24-14-7-5-12-22(19)24;/h5-18H,3-4H2,1-2H3;1H. The van der Waals surface area contributed by atoms with Crippen molar-refractivity contribution in [1.82, 2.24) is 0 Å². The predicted molar refractivity (Wildman–Crippen MR) is 115 cm³/mol. The van der Waals surface area contributed by atoms with Gasteiger partial charge in [0, 0.05) is 36.0 Å². The molecular formula is C25H25IN2. The van der Waals surface area contributed by atoms with Gasteiger partial charge in [0.25, 0.3) is 0 Å². The molecule has 4 rings (SSSR count). The van der Waals surface area contributed by atoms with E-state index < -0.39 is 0 Å². The van der Waals surface area contributed by atoms with E-state index in [0.717, 1.165) is 18.7 Å². The first-order chi connectivity index (χ1) is 13.3. The minimum atomic E-state index is 0. The van der Waals surface area contributed by atoms with Crippen LogP contribution in [0, 0.1) is 0 Å². The van der Waals surface area contributed by atoms with E-state index in [0.29, 0.717) is 0 Å². The van der Waals surface area contributed by atoms with Crippen molar-refractivity contribution in [2.45, 2.75) is 26.8 Å². The van der Waals surface area contributed by atoms with Crippen LogP contribution in [0.1, 0.15) is 30.7 Å². The lowest BCUT2D eigenvalue weighted by molar-refractivity contribution is -0.675. The SMILES string of the molecule is CCc1cc(C=CC=C2C=CNc3ccccc32)c2ccccc2[n+]1CC.[I-]. The molecule has 3 aromatic rings. The molecule has 1 aromatic heterocycles. The van der Waals surface area contributed by atoms with Crippen molar-refractivity contribution in [3.63, 3.8) is 0 Å². The molecule has 28 heavy (non-hydrogen) atoms. The van der Waals surface area contributed by atoms with Crippen LogP contribution in [0.3, 0.4) is 0 Å². The lowest BCUT2D eigenvalue weighted by atomic mass is 10.00. The van der Waals surface area contributed by atoms with E-state index in [9.17, 15) is 0 Å². The highest BCUT2D eigenvalue weighted by molar-refractivity contribution is 5.88. The van der Waals surface area contributed by atoms with Crippen LogP contribution in [0.4, 0.5) is 5.69 Å². The molecule has 1 N–H and O–H groups in total. The normalized spacial score (nSPS) is 14.1. The Hall–Kier alpha value is -2.40.